The number of hydrogen-bond acceptors (Lipinski definition) is 4. The fraction of sp³-hybridized carbons (Fsp3) is 0.438. The number of ether oxygens (including phenoxy) is 1. The second-order valence-corrected chi connectivity index (χ2v) is 6.15. The predicted octanol–water partition coefficient (Wildman–Crippen LogP) is 2.82. The Bertz CT molecular complexity index is 639. The number of para-hydroxylation sites is 1. The average molecular weight is 271 g/mol. The summed E-state index contributed by atoms with van der Waals surface area (Å²) < 4.78 is 5.98. The molecule has 106 valence electrons. The van der Waals surface area contributed by atoms with Crippen LogP contribution in [0.25, 0.3) is 10.9 Å². The molecule has 2 N–H and O–H groups in total. The summed E-state index contributed by atoms with van der Waals surface area (Å²) >= 11 is 0. The van der Waals surface area contributed by atoms with Gasteiger partial charge >= 0.3 is 0 Å². The van der Waals surface area contributed by atoms with Crippen molar-refractivity contribution in [3.63, 3.8) is 0 Å². The Morgan fingerprint density at radius 1 is 1.35 bits per heavy atom. The molecule has 0 aliphatic carbocycles. The van der Waals surface area contributed by atoms with Gasteiger partial charge in [0.2, 0.25) is 0 Å². The molecule has 2 aromatic rings. The van der Waals surface area contributed by atoms with Crippen LogP contribution in [0.2, 0.25) is 0 Å². The first kappa shape index (κ1) is 13.2. The van der Waals surface area contributed by atoms with Gasteiger partial charge in [-0.2, -0.15) is 0 Å². The minimum atomic E-state index is -0.172. The van der Waals surface area contributed by atoms with Crippen molar-refractivity contribution in [3.8, 4) is 0 Å². The van der Waals surface area contributed by atoms with Crippen LogP contribution < -0.4 is 10.6 Å². The van der Waals surface area contributed by atoms with Gasteiger partial charge < -0.3 is 15.4 Å². The standard InChI is InChI=1S/C16H21N3O/c1-11-9-19(10-16(2,3)20-11)15-12-6-4-5-7-14(12)18-8-13(15)17/h4-8,11H,9-10,17H2,1-3H3. The van der Waals surface area contributed by atoms with Crippen LogP contribution in [0.5, 0.6) is 0 Å². The fourth-order valence-corrected chi connectivity index (χ4v) is 3.12. The molecule has 1 aliphatic heterocycles. The van der Waals surface area contributed by atoms with Crippen molar-refractivity contribution in [1.29, 1.82) is 0 Å². The minimum Gasteiger partial charge on any atom is -0.396 e. The zero-order chi connectivity index (χ0) is 14.3. The average Bonchev–Trinajstić information content (AvgIpc) is 2.36. The number of nitrogens with zero attached hydrogens (tertiary/aromatic N) is 2. The second-order valence-electron chi connectivity index (χ2n) is 6.15. The molecular weight excluding hydrogens is 250 g/mol. The van der Waals surface area contributed by atoms with Crippen molar-refractivity contribution in [2.75, 3.05) is 23.7 Å². The molecule has 1 aromatic carbocycles. The maximum absolute atomic E-state index is 6.21. The second kappa shape index (κ2) is 4.63. The van der Waals surface area contributed by atoms with Gasteiger partial charge in [-0.1, -0.05) is 18.2 Å². The molecule has 0 radical (unpaired) electrons. The van der Waals surface area contributed by atoms with E-state index in [0.29, 0.717) is 0 Å². The largest absolute Gasteiger partial charge is 0.396 e. The lowest BCUT2D eigenvalue weighted by Crippen LogP contribution is -2.52. The van der Waals surface area contributed by atoms with Gasteiger partial charge in [0.15, 0.2) is 0 Å². The number of nitrogens with two attached hydrogens (primary N) is 1. The Morgan fingerprint density at radius 3 is 2.85 bits per heavy atom. The van der Waals surface area contributed by atoms with E-state index in [2.05, 4.69) is 36.7 Å². The van der Waals surface area contributed by atoms with E-state index in [1.165, 1.54) is 0 Å². The van der Waals surface area contributed by atoms with Crippen LogP contribution in [-0.4, -0.2) is 29.8 Å². The van der Waals surface area contributed by atoms with Crippen molar-refractivity contribution in [3.05, 3.63) is 30.5 Å². The number of aromatic nitrogens is 1. The highest BCUT2D eigenvalue weighted by Crippen LogP contribution is 2.35. The molecular formula is C16H21N3O. The fourth-order valence-electron chi connectivity index (χ4n) is 3.12. The summed E-state index contributed by atoms with van der Waals surface area (Å²) in [6.45, 7) is 8.02. The maximum atomic E-state index is 6.21. The van der Waals surface area contributed by atoms with E-state index in [0.717, 1.165) is 35.4 Å². The zero-order valence-corrected chi connectivity index (χ0v) is 12.3. The summed E-state index contributed by atoms with van der Waals surface area (Å²) in [5.74, 6) is 0. The van der Waals surface area contributed by atoms with E-state index in [4.69, 9.17) is 10.5 Å². The number of hydrogen-bond donors (Lipinski definition) is 1. The normalized spacial score (nSPS) is 22.1. The predicted molar refractivity (Wildman–Crippen MR) is 83.0 cm³/mol. The number of benzene rings is 1. The van der Waals surface area contributed by atoms with Gasteiger partial charge in [0.25, 0.3) is 0 Å². The summed E-state index contributed by atoms with van der Waals surface area (Å²) in [5.41, 5.74) is 8.83. The van der Waals surface area contributed by atoms with Gasteiger partial charge in [-0.15, -0.1) is 0 Å². The highest BCUT2D eigenvalue weighted by Gasteiger charge is 2.32. The summed E-state index contributed by atoms with van der Waals surface area (Å²) in [6, 6.07) is 8.14. The van der Waals surface area contributed by atoms with E-state index in [9.17, 15) is 0 Å². The topological polar surface area (TPSA) is 51.4 Å². The van der Waals surface area contributed by atoms with Crippen LogP contribution in [0.4, 0.5) is 11.4 Å². The van der Waals surface area contributed by atoms with Crippen molar-refractivity contribution >= 4 is 22.3 Å². The lowest BCUT2D eigenvalue weighted by Gasteiger charge is -2.43. The number of morpholine rings is 1. The number of pyridine rings is 1. The van der Waals surface area contributed by atoms with Crippen LogP contribution in [0.3, 0.4) is 0 Å². The van der Waals surface area contributed by atoms with E-state index in [1.54, 1.807) is 6.20 Å². The smallest absolute Gasteiger partial charge is 0.0805 e. The van der Waals surface area contributed by atoms with Gasteiger partial charge in [0.1, 0.15) is 0 Å². The maximum Gasteiger partial charge on any atom is 0.0805 e. The van der Waals surface area contributed by atoms with Crippen molar-refractivity contribution in [2.45, 2.75) is 32.5 Å². The molecule has 0 spiro atoms. The molecule has 20 heavy (non-hydrogen) atoms. The Balaban J connectivity index is 2.11. The van der Waals surface area contributed by atoms with Crippen LogP contribution in [0, 0.1) is 0 Å². The number of rotatable bonds is 1. The highest BCUT2D eigenvalue weighted by molar-refractivity contribution is 5.97. The molecule has 1 aromatic heterocycles. The monoisotopic (exact) mass is 271 g/mol. The molecule has 4 nitrogen and oxygen atoms in total. The molecule has 2 heterocycles. The van der Waals surface area contributed by atoms with E-state index in [1.807, 2.05) is 18.2 Å². The molecule has 3 rings (SSSR count). The first-order valence-corrected chi connectivity index (χ1v) is 7.02. The molecule has 1 aliphatic rings. The quantitative estimate of drug-likeness (QED) is 0.866. The van der Waals surface area contributed by atoms with Gasteiger partial charge in [0, 0.05) is 18.5 Å². The highest BCUT2D eigenvalue weighted by atomic mass is 16.5. The summed E-state index contributed by atoms with van der Waals surface area (Å²) in [5, 5.41) is 1.11. The van der Waals surface area contributed by atoms with Crippen LogP contribution in [0.15, 0.2) is 30.5 Å². The van der Waals surface area contributed by atoms with Crippen molar-refractivity contribution in [1.82, 2.24) is 4.98 Å². The van der Waals surface area contributed by atoms with Gasteiger partial charge in [0.05, 0.1) is 34.8 Å². The van der Waals surface area contributed by atoms with Crippen LogP contribution in [0.1, 0.15) is 20.8 Å². The molecule has 0 amide bonds. The zero-order valence-electron chi connectivity index (χ0n) is 12.3. The lowest BCUT2D eigenvalue weighted by atomic mass is 10.0. The Morgan fingerprint density at radius 2 is 2.10 bits per heavy atom. The van der Waals surface area contributed by atoms with E-state index < -0.39 is 0 Å². The molecule has 1 saturated heterocycles. The molecule has 1 atom stereocenters. The van der Waals surface area contributed by atoms with Crippen molar-refractivity contribution in [2.24, 2.45) is 0 Å². The molecule has 1 unspecified atom stereocenters. The molecule has 4 heteroatoms. The van der Waals surface area contributed by atoms with Gasteiger partial charge in [-0.3, -0.25) is 4.98 Å². The Hall–Kier alpha value is -1.81. The van der Waals surface area contributed by atoms with Crippen LogP contribution >= 0.6 is 0 Å². The minimum absolute atomic E-state index is 0.172. The Labute approximate surface area is 119 Å². The van der Waals surface area contributed by atoms with Crippen molar-refractivity contribution < 1.29 is 4.74 Å². The lowest BCUT2D eigenvalue weighted by molar-refractivity contribution is -0.0748. The van der Waals surface area contributed by atoms with Gasteiger partial charge in [-0.25, -0.2) is 0 Å². The third-order valence-electron chi connectivity index (χ3n) is 3.66. The Kier molecular flexibility index (Phi) is 3.05. The summed E-state index contributed by atoms with van der Waals surface area (Å²) in [6.07, 6.45) is 1.94. The molecule has 1 fully saturated rings. The molecule has 0 saturated carbocycles. The molecule has 0 bridgehead atoms. The third-order valence-corrected chi connectivity index (χ3v) is 3.66. The van der Waals surface area contributed by atoms with E-state index in [-0.39, 0.29) is 11.7 Å². The first-order valence-electron chi connectivity index (χ1n) is 7.02. The van der Waals surface area contributed by atoms with E-state index >= 15 is 0 Å². The third kappa shape index (κ3) is 2.31. The number of anilines is 2. The number of fused-ring (bicyclic) bond motifs is 1. The number of nitrogen functional groups attached to an aromatic ring is 1. The summed E-state index contributed by atoms with van der Waals surface area (Å²) in [7, 11) is 0. The van der Waals surface area contributed by atoms with Crippen LogP contribution in [-0.2, 0) is 4.74 Å². The van der Waals surface area contributed by atoms with Gasteiger partial charge in [-0.05, 0) is 26.8 Å². The first-order chi connectivity index (χ1) is 9.46. The summed E-state index contributed by atoms with van der Waals surface area (Å²) in [4.78, 5) is 6.74. The SMILES string of the molecule is CC1CN(c2c(N)cnc3ccccc23)CC(C)(C)O1.